The van der Waals surface area contributed by atoms with E-state index < -0.39 is 51.4 Å². The van der Waals surface area contributed by atoms with Crippen molar-refractivity contribution in [1.82, 2.24) is 14.1 Å². The molecule has 0 aromatic heterocycles. The Morgan fingerprint density at radius 3 is 2.33 bits per heavy atom. The van der Waals surface area contributed by atoms with Gasteiger partial charge in [-0.25, -0.2) is 22.2 Å². The molecule has 2 amide bonds. The molecule has 2 aliphatic heterocycles. The number of carbonyl (C=O) groups excluding carboxylic acids is 3. The van der Waals surface area contributed by atoms with Gasteiger partial charge < -0.3 is 30.1 Å². The van der Waals surface area contributed by atoms with Crippen LogP contribution in [0.1, 0.15) is 44.6 Å². The smallest absolute Gasteiger partial charge is 0.313 e. The fourth-order valence-electron chi connectivity index (χ4n) is 6.35. The Balaban J connectivity index is 1.12. The number of nitrogens with two attached hydrogens (primary N) is 1. The number of benzene rings is 3. The zero-order chi connectivity index (χ0) is 42.1. The van der Waals surface area contributed by atoms with Crippen LogP contribution in [0, 0.1) is 29.2 Å². The second-order valence-electron chi connectivity index (χ2n) is 14.0. The highest BCUT2D eigenvalue weighted by Crippen LogP contribution is 2.34. The molecule has 3 N–H and O–H groups in total. The first-order valence-corrected chi connectivity index (χ1v) is 20.1. The summed E-state index contributed by atoms with van der Waals surface area (Å²) in [7, 11) is -2.12. The average Bonchev–Trinajstić information content (AvgIpc) is 3.34. The number of sulfonamides is 1. The number of aliphatic hydroxyl groups excluding tert-OH is 1. The van der Waals surface area contributed by atoms with Crippen LogP contribution in [0.4, 0.5) is 23.2 Å². The van der Waals surface area contributed by atoms with Gasteiger partial charge in [-0.2, -0.15) is 13.1 Å². The molecule has 2 aliphatic rings. The van der Waals surface area contributed by atoms with E-state index in [9.17, 15) is 45.5 Å². The van der Waals surface area contributed by atoms with E-state index in [1.54, 1.807) is 48.4 Å². The van der Waals surface area contributed by atoms with Gasteiger partial charge in [-0.15, -0.1) is 0 Å². The molecule has 2 heterocycles. The number of esters is 1. The maximum Gasteiger partial charge on any atom is 0.313 e. The lowest BCUT2D eigenvalue weighted by molar-refractivity contribution is -0.136. The van der Waals surface area contributed by atoms with Crippen molar-refractivity contribution in [3.63, 3.8) is 0 Å². The molecule has 0 atom stereocenters. The summed E-state index contributed by atoms with van der Waals surface area (Å²) in [5.41, 5.74) is 9.30. The van der Waals surface area contributed by atoms with Crippen LogP contribution in [-0.2, 0) is 29.1 Å². The number of amides is 2. The molecule has 312 valence electrons. The first kappa shape index (κ1) is 43.9. The SMILES string of the molecule is CCCN(CCCN(C)C(=O)CCOCCC(=O)Oc1c(F)c(F)cc(F)c1F)C(=O)C1=Cc2ccc(-c3cccc(S(=O)(=O)N4CC(CO)C4)c3)cc2N=C(N)C1. The number of carbonyl (C=O) groups is 3. The topological polar surface area (TPSA) is 172 Å². The van der Waals surface area contributed by atoms with Gasteiger partial charge in [-0.05, 0) is 48.2 Å². The largest absolute Gasteiger partial charge is 0.420 e. The zero-order valence-electron chi connectivity index (χ0n) is 32.1. The minimum Gasteiger partial charge on any atom is -0.420 e. The number of amidine groups is 1. The number of aliphatic imine (C=N–C) groups is 1. The molecule has 1 fully saturated rings. The molecule has 13 nitrogen and oxygen atoms in total. The molecule has 18 heteroatoms. The van der Waals surface area contributed by atoms with Crippen LogP contribution < -0.4 is 10.5 Å². The highest BCUT2D eigenvalue weighted by atomic mass is 32.2. The minimum absolute atomic E-state index is 0.00849. The maximum atomic E-state index is 13.8. The van der Waals surface area contributed by atoms with E-state index >= 15 is 0 Å². The Kier molecular flexibility index (Phi) is 14.8. The van der Waals surface area contributed by atoms with Gasteiger partial charge in [0.05, 0.1) is 36.6 Å². The molecule has 0 spiro atoms. The van der Waals surface area contributed by atoms with E-state index in [2.05, 4.69) is 9.73 Å². The van der Waals surface area contributed by atoms with Crippen molar-refractivity contribution in [2.24, 2.45) is 16.6 Å². The summed E-state index contributed by atoms with van der Waals surface area (Å²) in [6.45, 7) is 3.16. The van der Waals surface area contributed by atoms with Gasteiger partial charge in [-0.3, -0.25) is 14.4 Å². The van der Waals surface area contributed by atoms with Crippen LogP contribution in [0.3, 0.4) is 0 Å². The van der Waals surface area contributed by atoms with Crippen LogP contribution >= 0.6 is 0 Å². The number of nitrogens with zero attached hydrogens (tertiary/aromatic N) is 4. The summed E-state index contributed by atoms with van der Waals surface area (Å²) in [5, 5.41) is 9.31. The van der Waals surface area contributed by atoms with Gasteiger partial charge in [-0.1, -0.05) is 31.2 Å². The van der Waals surface area contributed by atoms with Crippen LogP contribution in [0.25, 0.3) is 17.2 Å². The van der Waals surface area contributed by atoms with Crippen molar-refractivity contribution >= 4 is 45.4 Å². The molecule has 3 aromatic carbocycles. The summed E-state index contributed by atoms with van der Waals surface area (Å²) in [4.78, 5) is 46.3. The molecule has 3 aromatic rings. The lowest BCUT2D eigenvalue weighted by Crippen LogP contribution is -2.51. The zero-order valence-corrected chi connectivity index (χ0v) is 32.9. The average molecular weight is 832 g/mol. The first-order valence-electron chi connectivity index (χ1n) is 18.7. The quantitative estimate of drug-likeness (QED) is 0.0602. The van der Waals surface area contributed by atoms with E-state index in [1.165, 1.54) is 15.3 Å². The van der Waals surface area contributed by atoms with Crippen molar-refractivity contribution < 1.29 is 54.9 Å². The predicted octanol–water partition coefficient (Wildman–Crippen LogP) is 4.79. The predicted molar refractivity (Wildman–Crippen MR) is 206 cm³/mol. The number of aliphatic hydroxyl groups is 1. The van der Waals surface area contributed by atoms with Crippen LogP contribution in [-0.4, -0.2) is 111 Å². The molecule has 5 rings (SSSR count). The number of ether oxygens (including phenoxy) is 2. The second-order valence-corrected chi connectivity index (χ2v) is 15.9. The van der Waals surface area contributed by atoms with Crippen molar-refractivity contribution in [2.75, 3.05) is 59.6 Å². The molecule has 0 saturated carbocycles. The van der Waals surface area contributed by atoms with E-state index in [0.29, 0.717) is 60.4 Å². The lowest BCUT2D eigenvalue weighted by atomic mass is 10.0. The number of rotatable bonds is 18. The van der Waals surface area contributed by atoms with E-state index in [4.69, 9.17) is 10.5 Å². The normalized spacial score (nSPS) is 14.5. The number of halogens is 4. The second kappa shape index (κ2) is 19.5. The third-order valence-corrected chi connectivity index (χ3v) is 11.4. The molecule has 0 aliphatic carbocycles. The van der Waals surface area contributed by atoms with E-state index in [0.717, 1.165) is 0 Å². The Morgan fingerprint density at radius 2 is 1.64 bits per heavy atom. The Bertz CT molecular complexity index is 2170. The Labute approximate surface area is 333 Å². The fourth-order valence-corrected chi connectivity index (χ4v) is 7.99. The van der Waals surface area contributed by atoms with Crippen molar-refractivity contribution in [3.8, 4) is 16.9 Å². The summed E-state index contributed by atoms with van der Waals surface area (Å²) in [6.07, 6.45) is 2.44. The lowest BCUT2D eigenvalue weighted by Gasteiger charge is -2.36. The van der Waals surface area contributed by atoms with Crippen molar-refractivity contribution in [3.05, 3.63) is 82.9 Å². The summed E-state index contributed by atoms with van der Waals surface area (Å²) >= 11 is 0. The molecule has 0 bridgehead atoms. The van der Waals surface area contributed by atoms with Gasteiger partial charge in [0.25, 0.3) is 0 Å². The number of hydrogen-bond donors (Lipinski definition) is 2. The van der Waals surface area contributed by atoms with Crippen LogP contribution in [0.15, 0.2) is 64.0 Å². The van der Waals surface area contributed by atoms with E-state index in [1.807, 2.05) is 13.0 Å². The van der Waals surface area contributed by atoms with E-state index in [-0.39, 0.29) is 80.3 Å². The number of hydrogen-bond acceptors (Lipinski definition) is 10. The van der Waals surface area contributed by atoms with Gasteiger partial charge in [0.1, 0.15) is 5.84 Å². The maximum absolute atomic E-state index is 13.8. The summed E-state index contributed by atoms with van der Waals surface area (Å²) < 4.78 is 91.5. The molecule has 1 saturated heterocycles. The highest BCUT2D eigenvalue weighted by Gasteiger charge is 2.36. The molecule has 0 unspecified atom stereocenters. The standard InChI is InChI=1S/C40H45F4N5O8S/c1-3-12-48(14-5-13-47(2)35(51)10-15-56-16-11-36(52)57-39-37(43)31(41)21-32(42)38(39)44)40(53)29-17-28-9-8-27(19-33(28)46-34(45)20-29)26-6-4-7-30(18-26)58(54,55)49-22-25(23-49)24-50/h4,6-9,17-19,21,25,50H,3,5,10-16,20,22-24H2,1-2H3,(H2,45,46). The van der Waals surface area contributed by atoms with Crippen molar-refractivity contribution in [2.45, 2.75) is 43.9 Å². The molecular weight excluding hydrogens is 787 g/mol. The first-order chi connectivity index (χ1) is 27.6. The fraction of sp³-hybridized carbons (Fsp3) is 0.400. The monoisotopic (exact) mass is 831 g/mol. The summed E-state index contributed by atoms with van der Waals surface area (Å²) in [5.74, 6) is -10.1. The third-order valence-electron chi connectivity index (χ3n) is 9.58. The van der Waals surface area contributed by atoms with Gasteiger partial charge in [0.15, 0.2) is 11.6 Å². The van der Waals surface area contributed by atoms with Crippen molar-refractivity contribution in [1.29, 1.82) is 0 Å². The minimum atomic E-state index is -3.72. The molecule has 0 radical (unpaired) electrons. The molecule has 58 heavy (non-hydrogen) atoms. The van der Waals surface area contributed by atoms with Gasteiger partial charge in [0.2, 0.25) is 39.2 Å². The Hall–Kier alpha value is -5.17. The van der Waals surface area contributed by atoms with Gasteiger partial charge >= 0.3 is 5.97 Å². The highest BCUT2D eigenvalue weighted by molar-refractivity contribution is 7.89. The summed E-state index contributed by atoms with van der Waals surface area (Å²) in [6, 6.07) is 12.0. The molecular formula is C40H45F4N5O8S. The Morgan fingerprint density at radius 1 is 0.948 bits per heavy atom. The third kappa shape index (κ3) is 10.7. The van der Waals surface area contributed by atoms with Gasteiger partial charge in [0, 0.05) is 75.9 Å². The number of fused-ring (bicyclic) bond motifs is 1. The van der Waals surface area contributed by atoms with Crippen LogP contribution in [0.5, 0.6) is 5.75 Å². The van der Waals surface area contributed by atoms with Crippen LogP contribution in [0.2, 0.25) is 0 Å².